The predicted octanol–water partition coefficient (Wildman–Crippen LogP) is 3.55. The van der Waals surface area contributed by atoms with Crippen molar-refractivity contribution in [2.24, 2.45) is 7.05 Å². The Morgan fingerprint density at radius 2 is 1.80 bits per heavy atom. The summed E-state index contributed by atoms with van der Waals surface area (Å²) in [6.07, 6.45) is -4.51. The van der Waals surface area contributed by atoms with Gasteiger partial charge in [-0.25, -0.2) is 0 Å². The van der Waals surface area contributed by atoms with E-state index in [1.54, 1.807) is 25.5 Å². The lowest BCUT2D eigenvalue weighted by Gasteiger charge is -2.36. The second kappa shape index (κ2) is 9.37. The van der Waals surface area contributed by atoms with E-state index in [9.17, 15) is 18.0 Å². The van der Waals surface area contributed by atoms with Crippen LogP contribution in [0, 0.1) is 6.92 Å². The first kappa shape index (κ1) is 24.8. The molecule has 0 aliphatic carbocycles. The maximum Gasteiger partial charge on any atom is 0.416 e. The van der Waals surface area contributed by atoms with Crippen molar-refractivity contribution in [1.82, 2.24) is 19.7 Å². The fraction of sp³-hybridized carbons (Fsp3) is 0.458. The second-order valence-electron chi connectivity index (χ2n) is 8.96. The number of benzene rings is 1. The Hall–Kier alpha value is -3.34. The summed E-state index contributed by atoms with van der Waals surface area (Å²) < 4.78 is 41.5. The number of nitrogen functional groups attached to an aromatic ring is 1. The molecule has 1 aromatic carbocycles. The summed E-state index contributed by atoms with van der Waals surface area (Å²) in [4.78, 5) is 17.8. The lowest BCUT2D eigenvalue weighted by atomic mass is 10.0. The van der Waals surface area contributed by atoms with Gasteiger partial charge in [0.2, 0.25) is 0 Å². The van der Waals surface area contributed by atoms with Crippen molar-refractivity contribution in [1.29, 1.82) is 0 Å². The topological polar surface area (TPSA) is 92.3 Å². The molecule has 3 N–H and O–H groups in total. The minimum absolute atomic E-state index is 0.0192. The molecule has 3 heterocycles. The number of aryl methyl sites for hydroxylation is 1. The first-order chi connectivity index (χ1) is 16.5. The molecule has 0 saturated carbocycles. The number of hydrogen-bond acceptors (Lipinski definition) is 7. The molecule has 2 aromatic heterocycles. The van der Waals surface area contributed by atoms with Gasteiger partial charge in [0.25, 0.3) is 5.56 Å². The van der Waals surface area contributed by atoms with Crippen LogP contribution in [-0.4, -0.2) is 52.4 Å². The van der Waals surface area contributed by atoms with Gasteiger partial charge in [0, 0.05) is 44.3 Å². The maximum atomic E-state index is 13.3. The van der Waals surface area contributed by atoms with E-state index in [0.29, 0.717) is 27.8 Å². The van der Waals surface area contributed by atoms with Gasteiger partial charge in [0.05, 0.1) is 22.7 Å². The van der Waals surface area contributed by atoms with Crippen LogP contribution in [0.2, 0.25) is 0 Å². The van der Waals surface area contributed by atoms with Crippen LogP contribution in [0.5, 0.6) is 0 Å². The standard InChI is InChI=1S/C24H30F3N7O/c1-5-33-6-8-34(9-7-33)20-13-19-21(23(35)32(20)4)15(3)30-31-22(19)29-14(2)16-10-17(24(25,26)27)12-18(28)11-16/h10-14H,5-9,28H2,1-4H3,(H,29,31)/t14-/m1/s1. The smallest absolute Gasteiger partial charge is 0.399 e. The van der Waals surface area contributed by atoms with Gasteiger partial charge in [-0.2, -0.15) is 18.3 Å². The van der Waals surface area contributed by atoms with Crippen molar-refractivity contribution < 1.29 is 13.2 Å². The number of alkyl halides is 3. The Kier molecular flexibility index (Phi) is 6.63. The lowest BCUT2D eigenvalue weighted by Crippen LogP contribution is -2.47. The van der Waals surface area contributed by atoms with Crippen LogP contribution >= 0.6 is 0 Å². The van der Waals surface area contributed by atoms with Crippen LogP contribution in [0.15, 0.2) is 29.1 Å². The fourth-order valence-corrected chi connectivity index (χ4v) is 4.53. The van der Waals surface area contributed by atoms with Gasteiger partial charge in [-0.15, -0.1) is 5.10 Å². The summed E-state index contributed by atoms with van der Waals surface area (Å²) in [5.74, 6) is 1.10. The van der Waals surface area contributed by atoms with Gasteiger partial charge in [-0.05, 0) is 50.2 Å². The van der Waals surface area contributed by atoms with Gasteiger partial charge in [-0.1, -0.05) is 6.92 Å². The van der Waals surface area contributed by atoms with Crippen molar-refractivity contribution in [2.75, 3.05) is 48.7 Å². The number of nitrogens with two attached hydrogens (primary N) is 1. The number of fused-ring (bicyclic) bond motifs is 1. The van der Waals surface area contributed by atoms with Crippen LogP contribution in [0.1, 0.15) is 36.7 Å². The van der Waals surface area contributed by atoms with Crippen molar-refractivity contribution >= 4 is 28.1 Å². The molecule has 0 spiro atoms. The van der Waals surface area contributed by atoms with Crippen molar-refractivity contribution in [3.05, 3.63) is 51.4 Å². The number of rotatable bonds is 5. The van der Waals surface area contributed by atoms with Gasteiger partial charge in [0.1, 0.15) is 5.82 Å². The molecule has 0 radical (unpaired) electrons. The van der Waals surface area contributed by atoms with Crippen LogP contribution in [0.25, 0.3) is 10.8 Å². The van der Waals surface area contributed by atoms with Crippen molar-refractivity contribution in [3.8, 4) is 0 Å². The fourth-order valence-electron chi connectivity index (χ4n) is 4.53. The maximum absolute atomic E-state index is 13.3. The monoisotopic (exact) mass is 489 g/mol. The molecule has 1 fully saturated rings. The Morgan fingerprint density at radius 1 is 1.11 bits per heavy atom. The Labute approximate surface area is 201 Å². The number of likely N-dealkylation sites (N-methyl/N-ethyl adjacent to an activating group) is 1. The average Bonchev–Trinajstić information content (AvgIpc) is 2.81. The van der Waals surface area contributed by atoms with Crippen LogP contribution < -0.4 is 21.5 Å². The quantitative estimate of drug-likeness (QED) is 0.530. The molecule has 188 valence electrons. The molecule has 0 bridgehead atoms. The summed E-state index contributed by atoms with van der Waals surface area (Å²) in [6, 6.07) is 4.81. The zero-order valence-electron chi connectivity index (χ0n) is 20.3. The molecule has 4 rings (SSSR count). The minimum atomic E-state index is -4.51. The predicted molar refractivity (Wildman–Crippen MR) is 132 cm³/mol. The zero-order chi connectivity index (χ0) is 25.5. The zero-order valence-corrected chi connectivity index (χ0v) is 20.3. The number of hydrogen-bond donors (Lipinski definition) is 2. The number of anilines is 3. The highest BCUT2D eigenvalue weighted by molar-refractivity contribution is 5.94. The summed E-state index contributed by atoms with van der Waals surface area (Å²) in [5.41, 5.74) is 5.60. The molecule has 0 amide bonds. The highest BCUT2D eigenvalue weighted by Gasteiger charge is 2.31. The molecule has 35 heavy (non-hydrogen) atoms. The third-order valence-corrected chi connectivity index (χ3v) is 6.62. The van der Waals surface area contributed by atoms with Gasteiger partial charge < -0.3 is 20.9 Å². The Balaban J connectivity index is 1.75. The van der Waals surface area contributed by atoms with Gasteiger partial charge >= 0.3 is 6.18 Å². The van der Waals surface area contributed by atoms with Crippen LogP contribution in [-0.2, 0) is 13.2 Å². The van der Waals surface area contributed by atoms with Gasteiger partial charge in [-0.3, -0.25) is 9.36 Å². The van der Waals surface area contributed by atoms with Crippen LogP contribution in [0.4, 0.5) is 30.5 Å². The number of nitrogens with zero attached hydrogens (tertiary/aromatic N) is 5. The molecule has 1 aliphatic heterocycles. The van der Waals surface area contributed by atoms with E-state index in [2.05, 4.69) is 32.2 Å². The Morgan fingerprint density at radius 3 is 2.43 bits per heavy atom. The summed E-state index contributed by atoms with van der Waals surface area (Å²) in [7, 11) is 1.74. The van der Waals surface area contributed by atoms with E-state index in [1.807, 2.05) is 6.07 Å². The molecular formula is C24H30F3N7O. The molecule has 0 unspecified atom stereocenters. The SMILES string of the molecule is CCN1CCN(c2cc3c(N[C@H](C)c4cc(N)cc(C(F)(F)F)c4)nnc(C)c3c(=O)n2C)CC1. The number of nitrogens with one attached hydrogen (secondary N) is 1. The van der Waals surface area contributed by atoms with E-state index in [0.717, 1.165) is 50.7 Å². The van der Waals surface area contributed by atoms with E-state index in [4.69, 9.17) is 5.73 Å². The first-order valence-corrected chi connectivity index (χ1v) is 11.6. The highest BCUT2D eigenvalue weighted by atomic mass is 19.4. The molecular weight excluding hydrogens is 459 g/mol. The molecule has 11 heteroatoms. The Bertz CT molecular complexity index is 1300. The van der Waals surface area contributed by atoms with Crippen molar-refractivity contribution in [3.63, 3.8) is 0 Å². The van der Waals surface area contributed by atoms with Gasteiger partial charge in [0.15, 0.2) is 5.82 Å². The minimum Gasteiger partial charge on any atom is -0.399 e. The molecule has 1 atom stereocenters. The summed E-state index contributed by atoms with van der Waals surface area (Å²) in [5, 5.41) is 12.6. The molecule has 3 aromatic rings. The average molecular weight is 490 g/mol. The normalized spacial score (nSPS) is 16.0. The largest absolute Gasteiger partial charge is 0.416 e. The van der Waals surface area contributed by atoms with E-state index in [-0.39, 0.29) is 11.2 Å². The number of aromatic nitrogens is 3. The van der Waals surface area contributed by atoms with E-state index >= 15 is 0 Å². The number of pyridine rings is 1. The third kappa shape index (κ3) is 4.90. The van der Waals surface area contributed by atoms with Crippen LogP contribution in [0.3, 0.4) is 0 Å². The molecule has 1 aliphatic rings. The van der Waals surface area contributed by atoms with Crippen molar-refractivity contribution in [2.45, 2.75) is 33.0 Å². The van der Waals surface area contributed by atoms with E-state index in [1.165, 1.54) is 6.07 Å². The third-order valence-electron chi connectivity index (χ3n) is 6.62. The summed E-state index contributed by atoms with van der Waals surface area (Å²) in [6.45, 7) is 9.90. The molecule has 8 nitrogen and oxygen atoms in total. The van der Waals surface area contributed by atoms with E-state index < -0.39 is 17.8 Å². The highest BCUT2D eigenvalue weighted by Crippen LogP contribution is 2.34. The number of piperazine rings is 1. The lowest BCUT2D eigenvalue weighted by molar-refractivity contribution is -0.137. The summed E-state index contributed by atoms with van der Waals surface area (Å²) >= 11 is 0. The first-order valence-electron chi connectivity index (χ1n) is 11.6. The number of halogens is 3. The molecule has 1 saturated heterocycles. The second-order valence-corrected chi connectivity index (χ2v) is 8.96.